The quantitative estimate of drug-likeness (QED) is 0.301. The molecule has 1 unspecified atom stereocenters. The second kappa shape index (κ2) is 8.16. The third-order valence-corrected chi connectivity index (χ3v) is 4.75. The van der Waals surface area contributed by atoms with E-state index in [0.717, 1.165) is 0 Å². The van der Waals surface area contributed by atoms with Crippen LogP contribution in [0.4, 0.5) is 0 Å². The lowest BCUT2D eigenvalue weighted by Crippen LogP contribution is -2.43. The standard InChI is InChI=1S/C21H19NO8/c1-10-13-6-7-16(24)18(26)19(13)30-21(29)14(10)9-17(25)22-15(20(27)28)8-11-2-4-12(23)5-3-11/h2-7,15,23-24,26H,8-9H2,1H3,(H,22,25)(H,27,28). The van der Waals surface area contributed by atoms with E-state index in [2.05, 4.69) is 5.32 Å². The van der Waals surface area contributed by atoms with Crippen LogP contribution in [-0.4, -0.2) is 38.3 Å². The van der Waals surface area contributed by atoms with Crippen LogP contribution in [0, 0.1) is 6.92 Å². The molecule has 1 heterocycles. The Hall–Kier alpha value is -4.01. The van der Waals surface area contributed by atoms with Gasteiger partial charge in [0.25, 0.3) is 0 Å². The molecule has 9 nitrogen and oxygen atoms in total. The molecule has 3 aromatic rings. The zero-order valence-electron chi connectivity index (χ0n) is 15.9. The smallest absolute Gasteiger partial charge is 0.340 e. The van der Waals surface area contributed by atoms with Crippen molar-refractivity contribution >= 4 is 22.8 Å². The van der Waals surface area contributed by atoms with Crippen LogP contribution in [0.2, 0.25) is 0 Å². The lowest BCUT2D eigenvalue weighted by Gasteiger charge is -2.15. The molecule has 0 aliphatic rings. The molecule has 0 saturated heterocycles. The van der Waals surface area contributed by atoms with Crippen molar-refractivity contribution in [2.75, 3.05) is 0 Å². The van der Waals surface area contributed by atoms with E-state index in [4.69, 9.17) is 4.42 Å². The van der Waals surface area contributed by atoms with Gasteiger partial charge in [-0.25, -0.2) is 9.59 Å². The number of aromatic hydroxyl groups is 3. The number of aliphatic carboxylic acids is 1. The summed E-state index contributed by atoms with van der Waals surface area (Å²) in [5.41, 5.74) is -0.0907. The fraction of sp³-hybridized carbons (Fsp3) is 0.190. The van der Waals surface area contributed by atoms with Crippen molar-refractivity contribution in [1.82, 2.24) is 5.32 Å². The summed E-state index contributed by atoms with van der Waals surface area (Å²) >= 11 is 0. The van der Waals surface area contributed by atoms with Gasteiger partial charge in [-0.05, 0) is 42.3 Å². The molecule has 1 amide bonds. The van der Waals surface area contributed by atoms with Gasteiger partial charge in [0, 0.05) is 11.8 Å². The fourth-order valence-electron chi connectivity index (χ4n) is 3.11. The number of aryl methyl sites for hydroxylation is 1. The molecule has 30 heavy (non-hydrogen) atoms. The Morgan fingerprint density at radius 1 is 1.07 bits per heavy atom. The summed E-state index contributed by atoms with van der Waals surface area (Å²) < 4.78 is 5.06. The fourth-order valence-corrected chi connectivity index (χ4v) is 3.11. The van der Waals surface area contributed by atoms with E-state index >= 15 is 0 Å². The van der Waals surface area contributed by atoms with Crippen LogP contribution in [0.25, 0.3) is 11.0 Å². The highest BCUT2D eigenvalue weighted by atomic mass is 16.4. The molecular formula is C21H19NO8. The molecule has 0 radical (unpaired) electrons. The van der Waals surface area contributed by atoms with Gasteiger partial charge in [-0.1, -0.05) is 12.1 Å². The lowest BCUT2D eigenvalue weighted by molar-refractivity contribution is -0.141. The van der Waals surface area contributed by atoms with Crippen molar-refractivity contribution in [3.63, 3.8) is 0 Å². The number of nitrogens with one attached hydrogen (secondary N) is 1. The monoisotopic (exact) mass is 413 g/mol. The number of phenolic OH excluding ortho intramolecular Hbond substituents is 3. The van der Waals surface area contributed by atoms with E-state index in [1.54, 1.807) is 19.1 Å². The van der Waals surface area contributed by atoms with E-state index in [-0.39, 0.29) is 23.3 Å². The minimum absolute atomic E-state index is 0.0128. The zero-order chi connectivity index (χ0) is 22.0. The largest absolute Gasteiger partial charge is 0.508 e. The van der Waals surface area contributed by atoms with Gasteiger partial charge in [0.05, 0.1) is 12.0 Å². The predicted octanol–water partition coefficient (Wildman–Crippen LogP) is 1.57. The van der Waals surface area contributed by atoms with Crippen molar-refractivity contribution in [2.45, 2.75) is 25.8 Å². The Bertz CT molecular complexity index is 1180. The van der Waals surface area contributed by atoms with E-state index in [9.17, 15) is 34.8 Å². The second-order valence-electron chi connectivity index (χ2n) is 6.81. The number of fused-ring (bicyclic) bond motifs is 1. The van der Waals surface area contributed by atoms with Gasteiger partial charge in [0.1, 0.15) is 11.8 Å². The molecule has 0 aliphatic heterocycles. The number of carbonyl (C=O) groups excluding carboxylic acids is 1. The minimum Gasteiger partial charge on any atom is -0.508 e. The summed E-state index contributed by atoms with van der Waals surface area (Å²) in [6.07, 6.45) is -0.440. The van der Waals surface area contributed by atoms with Gasteiger partial charge >= 0.3 is 11.6 Å². The number of benzene rings is 2. The Morgan fingerprint density at radius 2 is 1.73 bits per heavy atom. The van der Waals surface area contributed by atoms with Crippen LogP contribution in [0.3, 0.4) is 0 Å². The molecular weight excluding hydrogens is 394 g/mol. The minimum atomic E-state index is -1.25. The maximum Gasteiger partial charge on any atom is 0.340 e. The molecule has 9 heteroatoms. The van der Waals surface area contributed by atoms with E-state index in [1.165, 1.54) is 24.3 Å². The van der Waals surface area contributed by atoms with Crippen LogP contribution in [0.15, 0.2) is 45.6 Å². The Labute approximate surface area is 169 Å². The number of carboxylic acids is 1. The molecule has 3 rings (SSSR count). The molecule has 0 saturated carbocycles. The Kier molecular flexibility index (Phi) is 5.63. The molecule has 1 aromatic heterocycles. The highest BCUT2D eigenvalue weighted by molar-refractivity contribution is 5.90. The normalized spacial score (nSPS) is 11.9. The molecule has 0 spiro atoms. The maximum atomic E-state index is 12.4. The van der Waals surface area contributed by atoms with Crippen molar-refractivity contribution < 1.29 is 34.4 Å². The average molecular weight is 413 g/mol. The van der Waals surface area contributed by atoms with Crippen molar-refractivity contribution in [3.05, 3.63) is 63.5 Å². The first-order valence-electron chi connectivity index (χ1n) is 8.94. The third-order valence-electron chi connectivity index (χ3n) is 4.75. The number of phenols is 3. The average Bonchev–Trinajstić information content (AvgIpc) is 2.69. The summed E-state index contributed by atoms with van der Waals surface area (Å²) in [4.78, 5) is 36.3. The molecule has 156 valence electrons. The van der Waals surface area contributed by atoms with Gasteiger partial charge in [0.15, 0.2) is 11.3 Å². The Morgan fingerprint density at radius 3 is 2.37 bits per heavy atom. The Balaban J connectivity index is 1.83. The van der Waals surface area contributed by atoms with Crippen LogP contribution < -0.4 is 10.9 Å². The van der Waals surface area contributed by atoms with Crippen LogP contribution in [0.1, 0.15) is 16.7 Å². The van der Waals surface area contributed by atoms with E-state index in [1.807, 2.05) is 0 Å². The lowest BCUT2D eigenvalue weighted by atomic mass is 10.0. The van der Waals surface area contributed by atoms with Gasteiger partial charge in [-0.2, -0.15) is 0 Å². The number of rotatable bonds is 6. The molecule has 0 bridgehead atoms. The number of hydrogen-bond donors (Lipinski definition) is 5. The molecule has 2 aromatic carbocycles. The van der Waals surface area contributed by atoms with Crippen molar-refractivity contribution in [1.29, 1.82) is 0 Å². The first-order chi connectivity index (χ1) is 14.2. The first kappa shape index (κ1) is 20.7. The summed E-state index contributed by atoms with van der Waals surface area (Å²) in [7, 11) is 0. The highest BCUT2D eigenvalue weighted by Crippen LogP contribution is 2.34. The molecule has 0 fully saturated rings. The predicted molar refractivity (Wildman–Crippen MR) is 106 cm³/mol. The van der Waals surface area contributed by atoms with Crippen LogP contribution in [0.5, 0.6) is 17.2 Å². The summed E-state index contributed by atoms with van der Waals surface area (Å²) in [5.74, 6) is -2.94. The summed E-state index contributed by atoms with van der Waals surface area (Å²) in [6.45, 7) is 1.56. The molecule has 1 atom stereocenters. The van der Waals surface area contributed by atoms with E-state index in [0.29, 0.717) is 16.5 Å². The van der Waals surface area contributed by atoms with Crippen LogP contribution >= 0.6 is 0 Å². The number of amides is 1. The SMILES string of the molecule is Cc1c(CC(=O)NC(Cc2ccc(O)cc2)C(=O)O)c(=O)oc2c(O)c(O)ccc12. The number of carbonyl (C=O) groups is 2. The van der Waals surface area contributed by atoms with Crippen molar-refractivity contribution in [2.24, 2.45) is 0 Å². The van der Waals surface area contributed by atoms with Crippen LogP contribution in [-0.2, 0) is 22.4 Å². The topological polar surface area (TPSA) is 157 Å². The van der Waals surface area contributed by atoms with Crippen molar-refractivity contribution in [3.8, 4) is 17.2 Å². The molecule has 0 aliphatic carbocycles. The third kappa shape index (κ3) is 4.19. The van der Waals surface area contributed by atoms with E-state index < -0.39 is 41.5 Å². The van der Waals surface area contributed by atoms with Gasteiger partial charge < -0.3 is 30.2 Å². The summed E-state index contributed by atoms with van der Waals surface area (Å²) in [6, 6.07) is 7.33. The highest BCUT2D eigenvalue weighted by Gasteiger charge is 2.23. The zero-order valence-corrected chi connectivity index (χ0v) is 15.9. The second-order valence-corrected chi connectivity index (χ2v) is 6.81. The van der Waals surface area contributed by atoms with Gasteiger partial charge in [-0.3, -0.25) is 4.79 Å². The summed E-state index contributed by atoms with van der Waals surface area (Å²) in [5, 5.41) is 40.9. The first-order valence-corrected chi connectivity index (χ1v) is 8.94. The van der Waals surface area contributed by atoms with Gasteiger partial charge in [-0.15, -0.1) is 0 Å². The molecule has 5 N–H and O–H groups in total. The maximum absolute atomic E-state index is 12.4. The number of hydrogen-bond acceptors (Lipinski definition) is 7. The van der Waals surface area contributed by atoms with Gasteiger partial charge in [0.2, 0.25) is 11.7 Å². The number of carboxylic acid groups (broad SMARTS) is 1.